The Labute approximate surface area is 162 Å². The van der Waals surface area contributed by atoms with E-state index in [1.165, 1.54) is 6.26 Å². The molecule has 0 spiro atoms. The zero-order valence-corrected chi connectivity index (χ0v) is 15.3. The summed E-state index contributed by atoms with van der Waals surface area (Å²) in [6.07, 6.45) is 3.30. The highest BCUT2D eigenvalue weighted by atomic mass is 32.2. The summed E-state index contributed by atoms with van der Waals surface area (Å²) in [5.74, 6) is 0.432. The molecule has 0 radical (unpaired) electrons. The molecule has 0 aliphatic rings. The Balaban J connectivity index is 1.29. The molecule has 0 saturated heterocycles. The molecule has 142 valence electrons. The van der Waals surface area contributed by atoms with E-state index in [0.29, 0.717) is 11.7 Å². The summed E-state index contributed by atoms with van der Waals surface area (Å²) in [4.78, 5) is 26.7. The van der Waals surface area contributed by atoms with Crippen LogP contribution in [-0.2, 0) is 11.3 Å². The number of para-hydroxylation sites is 1. The minimum absolute atomic E-state index is 0.0380. The van der Waals surface area contributed by atoms with E-state index in [4.69, 9.17) is 8.83 Å². The summed E-state index contributed by atoms with van der Waals surface area (Å²) >= 11 is 1.05. The van der Waals surface area contributed by atoms with Gasteiger partial charge in [0.2, 0.25) is 5.91 Å². The van der Waals surface area contributed by atoms with Crippen LogP contribution in [0.3, 0.4) is 0 Å². The number of fused-ring (bicyclic) bond motifs is 1. The zero-order chi connectivity index (χ0) is 19.3. The normalized spacial score (nSPS) is 10.9. The predicted octanol–water partition coefficient (Wildman–Crippen LogP) is 2.93. The number of amides is 3. The fraction of sp³-hybridized carbons (Fsp3) is 0.111. The molecular formula is C18H15N5O4S. The van der Waals surface area contributed by atoms with Crippen molar-refractivity contribution < 1.29 is 18.4 Å². The van der Waals surface area contributed by atoms with E-state index in [0.717, 1.165) is 28.2 Å². The number of aromatic nitrogens is 3. The van der Waals surface area contributed by atoms with Crippen molar-refractivity contribution in [2.45, 2.75) is 11.8 Å². The van der Waals surface area contributed by atoms with Crippen LogP contribution in [0.5, 0.6) is 0 Å². The van der Waals surface area contributed by atoms with E-state index in [1.807, 2.05) is 24.3 Å². The SMILES string of the molecule is O=C(CSc1nnc(-c2c[nH]c3ccccc23)o1)NC(=O)NCc1ccco1. The number of H-pyrrole nitrogens is 1. The molecule has 28 heavy (non-hydrogen) atoms. The van der Waals surface area contributed by atoms with E-state index in [9.17, 15) is 9.59 Å². The second kappa shape index (κ2) is 8.01. The van der Waals surface area contributed by atoms with Crippen LogP contribution in [0.4, 0.5) is 4.79 Å². The van der Waals surface area contributed by atoms with Gasteiger partial charge in [-0.05, 0) is 18.2 Å². The van der Waals surface area contributed by atoms with E-state index in [-0.39, 0.29) is 17.5 Å². The van der Waals surface area contributed by atoms with Gasteiger partial charge in [-0.25, -0.2) is 4.79 Å². The molecule has 3 aromatic heterocycles. The Morgan fingerprint density at radius 1 is 1.14 bits per heavy atom. The number of furan rings is 1. The van der Waals surface area contributed by atoms with Gasteiger partial charge in [-0.1, -0.05) is 30.0 Å². The van der Waals surface area contributed by atoms with E-state index in [1.54, 1.807) is 18.3 Å². The Morgan fingerprint density at radius 3 is 2.89 bits per heavy atom. The summed E-state index contributed by atoms with van der Waals surface area (Å²) in [6.45, 7) is 0.191. The lowest BCUT2D eigenvalue weighted by molar-refractivity contribution is -0.117. The minimum Gasteiger partial charge on any atom is -0.467 e. The molecule has 4 rings (SSSR count). The van der Waals surface area contributed by atoms with Crippen molar-refractivity contribution in [1.82, 2.24) is 25.8 Å². The van der Waals surface area contributed by atoms with Gasteiger partial charge in [0.25, 0.3) is 11.1 Å². The Morgan fingerprint density at radius 2 is 2.04 bits per heavy atom. The molecule has 10 heteroatoms. The molecule has 0 bridgehead atoms. The van der Waals surface area contributed by atoms with Crippen molar-refractivity contribution in [2.24, 2.45) is 0 Å². The first-order valence-electron chi connectivity index (χ1n) is 8.32. The molecule has 0 aliphatic carbocycles. The molecule has 0 unspecified atom stereocenters. The maximum Gasteiger partial charge on any atom is 0.321 e. The smallest absolute Gasteiger partial charge is 0.321 e. The van der Waals surface area contributed by atoms with Gasteiger partial charge < -0.3 is 19.1 Å². The van der Waals surface area contributed by atoms with Gasteiger partial charge in [0.15, 0.2) is 0 Å². The van der Waals surface area contributed by atoms with Gasteiger partial charge in [-0.3, -0.25) is 10.1 Å². The lowest BCUT2D eigenvalue weighted by Gasteiger charge is -2.04. The monoisotopic (exact) mass is 397 g/mol. The lowest BCUT2D eigenvalue weighted by atomic mass is 10.2. The van der Waals surface area contributed by atoms with Crippen LogP contribution >= 0.6 is 11.8 Å². The molecule has 1 aromatic carbocycles. The van der Waals surface area contributed by atoms with E-state index in [2.05, 4.69) is 25.8 Å². The summed E-state index contributed by atoms with van der Waals surface area (Å²) in [7, 11) is 0. The highest BCUT2D eigenvalue weighted by Gasteiger charge is 2.15. The molecule has 0 aliphatic heterocycles. The lowest BCUT2D eigenvalue weighted by Crippen LogP contribution is -2.39. The number of carbonyl (C=O) groups excluding carboxylic acids is 2. The first-order chi connectivity index (χ1) is 13.7. The Kier molecular flexibility index (Phi) is 5.11. The van der Waals surface area contributed by atoms with Crippen molar-refractivity contribution in [3.05, 3.63) is 54.6 Å². The van der Waals surface area contributed by atoms with Crippen LogP contribution in [-0.4, -0.2) is 32.9 Å². The van der Waals surface area contributed by atoms with Crippen molar-refractivity contribution in [3.63, 3.8) is 0 Å². The molecule has 0 saturated carbocycles. The summed E-state index contributed by atoms with van der Waals surface area (Å²) in [5, 5.41) is 13.9. The van der Waals surface area contributed by atoms with Crippen LogP contribution in [0.2, 0.25) is 0 Å². The number of rotatable bonds is 6. The number of nitrogens with zero attached hydrogens (tertiary/aromatic N) is 2. The number of hydrogen-bond acceptors (Lipinski definition) is 7. The molecule has 0 atom stereocenters. The van der Waals surface area contributed by atoms with Gasteiger partial charge in [0.05, 0.1) is 24.1 Å². The maximum absolute atomic E-state index is 11.9. The van der Waals surface area contributed by atoms with Gasteiger partial charge in [-0.2, -0.15) is 0 Å². The third-order valence-corrected chi connectivity index (χ3v) is 4.63. The highest BCUT2D eigenvalue weighted by molar-refractivity contribution is 7.99. The highest BCUT2D eigenvalue weighted by Crippen LogP contribution is 2.29. The minimum atomic E-state index is -0.605. The third kappa shape index (κ3) is 4.07. The molecule has 3 N–H and O–H groups in total. The number of thioether (sulfide) groups is 1. The molecule has 0 fully saturated rings. The van der Waals surface area contributed by atoms with Crippen LogP contribution in [0.15, 0.2) is 62.9 Å². The van der Waals surface area contributed by atoms with Crippen molar-refractivity contribution in [2.75, 3.05) is 5.75 Å². The zero-order valence-electron chi connectivity index (χ0n) is 14.5. The average Bonchev–Trinajstić information content (AvgIpc) is 3.44. The van der Waals surface area contributed by atoms with Crippen molar-refractivity contribution in [1.29, 1.82) is 0 Å². The van der Waals surface area contributed by atoms with Crippen LogP contribution < -0.4 is 10.6 Å². The van der Waals surface area contributed by atoms with Gasteiger partial charge in [-0.15, -0.1) is 10.2 Å². The molecule has 4 aromatic rings. The largest absolute Gasteiger partial charge is 0.467 e. The number of urea groups is 1. The second-order valence-corrected chi connectivity index (χ2v) is 6.65. The average molecular weight is 397 g/mol. The number of hydrogen-bond donors (Lipinski definition) is 3. The van der Waals surface area contributed by atoms with Gasteiger partial charge in [0, 0.05) is 17.1 Å². The topological polar surface area (TPSA) is 126 Å². The molecule has 3 heterocycles. The van der Waals surface area contributed by atoms with Crippen molar-refractivity contribution >= 4 is 34.6 Å². The van der Waals surface area contributed by atoms with E-state index >= 15 is 0 Å². The van der Waals surface area contributed by atoms with Crippen LogP contribution in [0.1, 0.15) is 5.76 Å². The van der Waals surface area contributed by atoms with Crippen LogP contribution in [0, 0.1) is 0 Å². The second-order valence-electron chi connectivity index (χ2n) is 5.72. The maximum atomic E-state index is 11.9. The third-order valence-electron chi connectivity index (χ3n) is 3.81. The van der Waals surface area contributed by atoms with Gasteiger partial charge in [0.1, 0.15) is 5.76 Å². The number of nitrogens with one attached hydrogen (secondary N) is 3. The molecule has 3 amide bonds. The van der Waals surface area contributed by atoms with E-state index < -0.39 is 11.9 Å². The first kappa shape index (κ1) is 17.9. The molecule has 9 nitrogen and oxygen atoms in total. The van der Waals surface area contributed by atoms with Crippen molar-refractivity contribution in [3.8, 4) is 11.5 Å². The number of carbonyl (C=O) groups is 2. The summed E-state index contributed by atoms with van der Waals surface area (Å²) in [5.41, 5.74) is 1.75. The Bertz CT molecular complexity index is 1100. The quantitative estimate of drug-likeness (QED) is 0.427. The fourth-order valence-corrected chi connectivity index (χ4v) is 3.10. The number of benzene rings is 1. The summed E-state index contributed by atoms with van der Waals surface area (Å²) in [6, 6.07) is 10.6. The number of imide groups is 1. The first-order valence-corrected chi connectivity index (χ1v) is 9.30. The summed E-state index contributed by atoms with van der Waals surface area (Å²) < 4.78 is 10.7. The number of aromatic amines is 1. The predicted molar refractivity (Wildman–Crippen MR) is 101 cm³/mol. The fourth-order valence-electron chi connectivity index (χ4n) is 2.54. The standard InChI is InChI=1S/C18H15N5O4S/c24-15(21-17(25)20-8-11-4-3-7-26-11)10-28-18-23-22-16(27-18)13-9-19-14-6-2-1-5-12(13)14/h1-7,9,19H,8,10H2,(H2,20,21,24,25). The Hall–Kier alpha value is -3.53. The van der Waals surface area contributed by atoms with Gasteiger partial charge >= 0.3 is 6.03 Å². The van der Waals surface area contributed by atoms with Crippen LogP contribution in [0.25, 0.3) is 22.4 Å². The molecular weight excluding hydrogens is 382 g/mol.